The normalized spacial score (nSPS) is 17.2. The van der Waals surface area contributed by atoms with Gasteiger partial charge in [0.15, 0.2) is 0 Å². The molecule has 4 aromatic rings. The number of thioether (sulfide) groups is 1. The first-order valence-corrected chi connectivity index (χ1v) is 11.9. The Kier molecular flexibility index (Phi) is 5.84. The molecule has 1 fully saturated rings. The molecular weight excluding hydrogens is 424 g/mol. The fourth-order valence-corrected chi connectivity index (χ4v) is 5.10. The van der Waals surface area contributed by atoms with Crippen LogP contribution in [-0.4, -0.2) is 48.6 Å². The van der Waals surface area contributed by atoms with Crippen LogP contribution in [0.15, 0.2) is 47.6 Å². The number of carbonyl (C=O) groups excluding carboxylic acids is 1. The molecule has 0 spiro atoms. The highest BCUT2D eigenvalue weighted by Crippen LogP contribution is 2.31. The second kappa shape index (κ2) is 8.91. The van der Waals surface area contributed by atoms with Gasteiger partial charge in [0.05, 0.1) is 17.9 Å². The molecule has 1 aliphatic heterocycles. The van der Waals surface area contributed by atoms with Crippen molar-refractivity contribution in [3.8, 4) is 0 Å². The summed E-state index contributed by atoms with van der Waals surface area (Å²) >= 11 is 1.36. The minimum absolute atomic E-state index is 0.0831. The number of aromatic nitrogens is 5. The smallest absolute Gasteiger partial charge is 0.237 e. The van der Waals surface area contributed by atoms with Gasteiger partial charge in [-0.2, -0.15) is 0 Å². The molecule has 166 valence electrons. The molecule has 2 atom stereocenters. The van der Waals surface area contributed by atoms with Gasteiger partial charge in [0.2, 0.25) is 11.1 Å². The van der Waals surface area contributed by atoms with Crippen molar-refractivity contribution in [3.05, 3.63) is 42.5 Å². The third kappa shape index (κ3) is 3.98. The molecule has 1 aliphatic rings. The molecule has 1 amide bonds. The zero-order valence-electron chi connectivity index (χ0n) is 18.2. The van der Waals surface area contributed by atoms with Gasteiger partial charge in [-0.25, -0.2) is 4.68 Å². The summed E-state index contributed by atoms with van der Waals surface area (Å²) in [6.45, 7) is 6.31. The van der Waals surface area contributed by atoms with Gasteiger partial charge in [-0.05, 0) is 61.4 Å². The number of hydrogen-bond donors (Lipinski definition) is 1. The topological polar surface area (TPSA) is 86.9 Å². The van der Waals surface area contributed by atoms with E-state index in [4.69, 9.17) is 4.74 Å². The van der Waals surface area contributed by atoms with Crippen molar-refractivity contribution in [1.29, 1.82) is 0 Å². The van der Waals surface area contributed by atoms with Gasteiger partial charge < -0.3 is 14.6 Å². The lowest BCUT2D eigenvalue weighted by Crippen LogP contribution is -2.23. The van der Waals surface area contributed by atoms with Gasteiger partial charge in [-0.3, -0.25) is 4.79 Å². The molecule has 32 heavy (non-hydrogen) atoms. The standard InChI is InChI=1S/C23H26N6O2S/c1-3-28-20-9-5-4-8-18(20)19-13-16(10-11-21(19)28)24-22(30)15(2)32-23-25-26-27-29(23)14-17-7-6-12-31-17/h4-5,8-11,13,15,17H,3,6-7,12,14H2,1-2H3,(H,24,30). The number of anilines is 1. The van der Waals surface area contributed by atoms with Crippen molar-refractivity contribution in [1.82, 2.24) is 24.8 Å². The van der Waals surface area contributed by atoms with E-state index in [9.17, 15) is 4.79 Å². The van der Waals surface area contributed by atoms with E-state index in [0.29, 0.717) is 11.7 Å². The third-order valence-electron chi connectivity index (χ3n) is 5.91. The largest absolute Gasteiger partial charge is 0.376 e. The summed E-state index contributed by atoms with van der Waals surface area (Å²) < 4.78 is 9.71. The lowest BCUT2D eigenvalue weighted by atomic mass is 10.1. The summed E-state index contributed by atoms with van der Waals surface area (Å²) in [6, 6.07) is 14.5. The van der Waals surface area contributed by atoms with Gasteiger partial charge in [0.25, 0.3) is 0 Å². The van der Waals surface area contributed by atoms with Crippen molar-refractivity contribution in [3.63, 3.8) is 0 Å². The minimum atomic E-state index is -0.350. The maximum atomic E-state index is 12.9. The molecule has 0 aliphatic carbocycles. The Bertz CT molecular complexity index is 1260. The van der Waals surface area contributed by atoms with Gasteiger partial charge in [0, 0.05) is 40.6 Å². The number of ether oxygens (including phenoxy) is 1. The van der Waals surface area contributed by atoms with Crippen LogP contribution in [0.25, 0.3) is 21.8 Å². The lowest BCUT2D eigenvalue weighted by Gasteiger charge is -2.13. The molecule has 2 unspecified atom stereocenters. The highest BCUT2D eigenvalue weighted by Gasteiger charge is 2.22. The zero-order chi connectivity index (χ0) is 22.1. The number of amides is 1. The maximum Gasteiger partial charge on any atom is 0.237 e. The lowest BCUT2D eigenvalue weighted by molar-refractivity contribution is -0.115. The number of nitrogens with zero attached hydrogens (tertiary/aromatic N) is 5. The Hall–Kier alpha value is -2.91. The van der Waals surface area contributed by atoms with Gasteiger partial charge in [0.1, 0.15) is 0 Å². The summed E-state index contributed by atoms with van der Waals surface area (Å²) in [5.74, 6) is -0.0831. The van der Waals surface area contributed by atoms with E-state index in [0.717, 1.165) is 37.1 Å². The Morgan fingerprint density at radius 2 is 2.09 bits per heavy atom. The highest BCUT2D eigenvalue weighted by atomic mass is 32.2. The van der Waals surface area contributed by atoms with Crippen LogP contribution in [-0.2, 0) is 22.6 Å². The van der Waals surface area contributed by atoms with Crippen molar-refractivity contribution >= 4 is 45.2 Å². The molecule has 0 radical (unpaired) electrons. The molecule has 2 aromatic heterocycles. The Balaban J connectivity index is 1.32. The van der Waals surface area contributed by atoms with Crippen LogP contribution >= 0.6 is 11.8 Å². The van der Waals surface area contributed by atoms with Crippen LogP contribution in [0.3, 0.4) is 0 Å². The van der Waals surface area contributed by atoms with Crippen LogP contribution in [0, 0.1) is 0 Å². The second-order valence-electron chi connectivity index (χ2n) is 8.02. The molecule has 1 N–H and O–H groups in total. The van der Waals surface area contributed by atoms with E-state index in [-0.39, 0.29) is 17.3 Å². The van der Waals surface area contributed by atoms with E-state index in [1.807, 2.05) is 19.1 Å². The first-order chi connectivity index (χ1) is 15.6. The fraction of sp³-hybridized carbons (Fsp3) is 0.391. The van der Waals surface area contributed by atoms with E-state index >= 15 is 0 Å². The number of aryl methyl sites for hydroxylation is 1. The summed E-state index contributed by atoms with van der Waals surface area (Å²) in [7, 11) is 0. The Morgan fingerprint density at radius 1 is 1.25 bits per heavy atom. The number of nitrogens with one attached hydrogen (secondary N) is 1. The van der Waals surface area contributed by atoms with Crippen molar-refractivity contribution in [2.45, 2.75) is 56.3 Å². The van der Waals surface area contributed by atoms with E-state index in [1.54, 1.807) is 4.68 Å². The zero-order valence-corrected chi connectivity index (χ0v) is 19.0. The molecule has 2 aromatic carbocycles. The molecule has 1 saturated heterocycles. The SMILES string of the molecule is CCn1c2ccccc2c2cc(NC(=O)C(C)Sc3nnnn3CC3CCCO3)ccc21. The molecule has 8 nitrogen and oxygen atoms in total. The summed E-state index contributed by atoms with van der Waals surface area (Å²) in [4.78, 5) is 12.9. The van der Waals surface area contributed by atoms with E-state index < -0.39 is 0 Å². The molecule has 0 saturated carbocycles. The van der Waals surface area contributed by atoms with Gasteiger partial charge in [-0.15, -0.1) is 5.10 Å². The maximum absolute atomic E-state index is 12.9. The predicted octanol–water partition coefficient (Wildman–Crippen LogP) is 4.10. The average molecular weight is 451 g/mol. The first-order valence-electron chi connectivity index (χ1n) is 11.0. The number of carbonyl (C=O) groups is 1. The van der Waals surface area contributed by atoms with Crippen LogP contribution < -0.4 is 5.32 Å². The van der Waals surface area contributed by atoms with Crippen LogP contribution in [0.2, 0.25) is 0 Å². The van der Waals surface area contributed by atoms with E-state index in [1.165, 1.54) is 28.2 Å². The predicted molar refractivity (Wildman–Crippen MR) is 126 cm³/mol. The van der Waals surface area contributed by atoms with Crippen LogP contribution in [0.1, 0.15) is 26.7 Å². The number of tetrazole rings is 1. The van der Waals surface area contributed by atoms with Crippen LogP contribution in [0.4, 0.5) is 5.69 Å². The highest BCUT2D eigenvalue weighted by molar-refractivity contribution is 8.00. The summed E-state index contributed by atoms with van der Waals surface area (Å²) in [5.41, 5.74) is 3.16. The second-order valence-corrected chi connectivity index (χ2v) is 9.33. The van der Waals surface area contributed by atoms with Crippen LogP contribution in [0.5, 0.6) is 0 Å². The number of benzene rings is 2. The summed E-state index contributed by atoms with van der Waals surface area (Å²) in [6.07, 6.45) is 2.21. The molecular formula is C23H26N6O2S. The number of rotatable bonds is 7. The fourth-order valence-electron chi connectivity index (χ4n) is 4.30. The average Bonchev–Trinajstić information content (AvgIpc) is 3.54. The van der Waals surface area contributed by atoms with Crippen molar-refractivity contribution in [2.75, 3.05) is 11.9 Å². The molecule has 5 rings (SSSR count). The monoisotopic (exact) mass is 450 g/mol. The molecule has 9 heteroatoms. The van der Waals surface area contributed by atoms with Gasteiger partial charge in [-0.1, -0.05) is 30.0 Å². The molecule has 0 bridgehead atoms. The van der Waals surface area contributed by atoms with Crippen molar-refractivity contribution in [2.24, 2.45) is 0 Å². The first kappa shape index (κ1) is 21.0. The van der Waals surface area contributed by atoms with E-state index in [2.05, 4.69) is 62.7 Å². The Labute approximate surface area is 190 Å². The quantitative estimate of drug-likeness (QED) is 0.427. The number of fused-ring (bicyclic) bond motifs is 3. The number of para-hydroxylation sites is 1. The molecule has 3 heterocycles. The van der Waals surface area contributed by atoms with Gasteiger partial charge >= 0.3 is 0 Å². The third-order valence-corrected chi connectivity index (χ3v) is 6.98. The number of hydrogen-bond acceptors (Lipinski definition) is 6. The summed E-state index contributed by atoms with van der Waals surface area (Å²) in [5, 5.41) is 17.6. The minimum Gasteiger partial charge on any atom is -0.376 e. The van der Waals surface area contributed by atoms with Crippen molar-refractivity contribution < 1.29 is 9.53 Å². The Morgan fingerprint density at radius 3 is 2.91 bits per heavy atom.